The Balaban J connectivity index is 0.00000441. The number of carbonyl (C=O) groups is 2. The number of benzene rings is 2. The Bertz CT molecular complexity index is 1210. The smallest absolute Gasteiger partial charge is 0.240 e. The van der Waals surface area contributed by atoms with Gasteiger partial charge in [0.05, 0.1) is 6.26 Å². The summed E-state index contributed by atoms with van der Waals surface area (Å²) in [6, 6.07) is 14.0. The lowest BCUT2D eigenvalue weighted by Crippen LogP contribution is -2.49. The molecule has 0 bridgehead atoms. The molecule has 0 spiro atoms. The summed E-state index contributed by atoms with van der Waals surface area (Å²) < 4.78 is 31.0. The topological polar surface area (TPSA) is 131 Å². The van der Waals surface area contributed by atoms with Crippen LogP contribution in [-0.2, 0) is 26.2 Å². The van der Waals surface area contributed by atoms with Gasteiger partial charge in [0.15, 0.2) is 0 Å². The highest BCUT2D eigenvalue weighted by atomic mass is 35.5. The number of nitrogens with zero attached hydrogens (tertiary/aromatic N) is 1. The first-order chi connectivity index (χ1) is 18.6. The molecular formula is C29H41ClN4O5S. The molecule has 0 aromatic heterocycles. The molecular weight excluding hydrogens is 552 g/mol. The highest BCUT2D eigenvalue weighted by Gasteiger charge is 2.29. The summed E-state index contributed by atoms with van der Waals surface area (Å²) in [5.74, 6) is 1.20. The molecule has 0 unspecified atom stereocenters. The molecule has 2 aromatic carbocycles. The number of hydrogen-bond acceptors (Lipinski definition) is 6. The molecule has 1 atom stereocenters. The second-order valence-corrected chi connectivity index (χ2v) is 12.6. The van der Waals surface area contributed by atoms with E-state index in [4.69, 9.17) is 10.5 Å². The summed E-state index contributed by atoms with van der Waals surface area (Å²) in [5.41, 5.74) is 7.26. The van der Waals surface area contributed by atoms with Crippen LogP contribution < -0.4 is 20.5 Å². The van der Waals surface area contributed by atoms with Crippen LogP contribution in [0.25, 0.3) is 0 Å². The van der Waals surface area contributed by atoms with Crippen LogP contribution in [0.2, 0.25) is 0 Å². The van der Waals surface area contributed by atoms with Gasteiger partial charge in [0.1, 0.15) is 17.5 Å². The van der Waals surface area contributed by atoms with E-state index in [0.29, 0.717) is 29.5 Å². The van der Waals surface area contributed by atoms with Gasteiger partial charge in [-0.25, -0.2) is 8.42 Å². The zero-order valence-electron chi connectivity index (χ0n) is 23.0. The lowest BCUT2D eigenvalue weighted by molar-refractivity contribution is -0.131. The third kappa shape index (κ3) is 9.98. The van der Waals surface area contributed by atoms with Crippen molar-refractivity contribution in [2.75, 3.05) is 24.1 Å². The zero-order valence-corrected chi connectivity index (χ0v) is 24.6. The number of amides is 2. The van der Waals surface area contributed by atoms with Crippen LogP contribution in [0.15, 0.2) is 48.5 Å². The molecule has 4 rings (SSSR count). The van der Waals surface area contributed by atoms with Crippen molar-refractivity contribution in [3.05, 3.63) is 54.1 Å². The average molecular weight is 593 g/mol. The van der Waals surface area contributed by atoms with Gasteiger partial charge in [-0.1, -0.05) is 44.2 Å². The van der Waals surface area contributed by atoms with Crippen LogP contribution in [0, 0.1) is 11.8 Å². The fraction of sp³-hybridized carbons (Fsp3) is 0.517. The minimum Gasteiger partial charge on any atom is -0.457 e. The van der Waals surface area contributed by atoms with Gasteiger partial charge in [0.2, 0.25) is 21.8 Å². The zero-order chi connectivity index (χ0) is 27.8. The maximum Gasteiger partial charge on any atom is 0.240 e. The van der Waals surface area contributed by atoms with E-state index in [1.807, 2.05) is 24.3 Å². The first kappa shape index (κ1) is 31.7. The van der Waals surface area contributed by atoms with E-state index in [1.165, 1.54) is 19.3 Å². The minimum absolute atomic E-state index is 0. The standard InChI is InChI=1S/C29H40N4O5S.ClH/c1-39(36,37)32-24-9-13-26(14-10-24)38-25-11-7-22(8-12-25)20-33-17-15-23(16-18-33)29(35)31-27(28(30)34)19-21-5-3-2-4-6-21;/h7-14,21,23,27,32H,2-6,15-20H2,1H3,(H2,30,34)(H,31,35);1H/t27-;/m0./s1. The van der Waals surface area contributed by atoms with E-state index >= 15 is 0 Å². The van der Waals surface area contributed by atoms with Crippen molar-refractivity contribution in [2.24, 2.45) is 17.6 Å². The van der Waals surface area contributed by atoms with Crippen LogP contribution in [0.3, 0.4) is 0 Å². The Morgan fingerprint density at radius 1 is 0.950 bits per heavy atom. The number of halogens is 1. The maximum atomic E-state index is 12.9. The minimum atomic E-state index is -3.32. The summed E-state index contributed by atoms with van der Waals surface area (Å²) in [6.07, 6.45) is 9.15. The van der Waals surface area contributed by atoms with E-state index in [0.717, 1.165) is 57.1 Å². The van der Waals surface area contributed by atoms with E-state index in [1.54, 1.807) is 24.3 Å². The molecule has 2 amide bonds. The van der Waals surface area contributed by atoms with E-state index < -0.39 is 22.0 Å². The van der Waals surface area contributed by atoms with Crippen molar-refractivity contribution in [3.8, 4) is 11.5 Å². The summed E-state index contributed by atoms with van der Waals surface area (Å²) >= 11 is 0. The second-order valence-electron chi connectivity index (χ2n) is 10.9. The molecule has 40 heavy (non-hydrogen) atoms. The summed E-state index contributed by atoms with van der Waals surface area (Å²) in [7, 11) is -3.32. The highest BCUT2D eigenvalue weighted by molar-refractivity contribution is 7.92. The van der Waals surface area contributed by atoms with Crippen molar-refractivity contribution < 1.29 is 22.7 Å². The third-order valence-electron chi connectivity index (χ3n) is 7.63. The van der Waals surface area contributed by atoms with Crippen LogP contribution in [0.5, 0.6) is 11.5 Å². The highest BCUT2D eigenvalue weighted by Crippen LogP contribution is 2.28. The molecule has 1 heterocycles. The number of rotatable bonds is 11. The van der Waals surface area contributed by atoms with Crippen molar-refractivity contribution >= 4 is 39.9 Å². The molecule has 1 aliphatic heterocycles. The molecule has 220 valence electrons. The van der Waals surface area contributed by atoms with Gasteiger partial charge in [0, 0.05) is 18.2 Å². The van der Waals surface area contributed by atoms with Crippen LogP contribution >= 0.6 is 12.4 Å². The molecule has 1 aliphatic carbocycles. The van der Waals surface area contributed by atoms with E-state index in [-0.39, 0.29) is 24.2 Å². The molecule has 2 fully saturated rings. The number of carbonyl (C=O) groups excluding carboxylic acids is 2. The van der Waals surface area contributed by atoms with Crippen molar-refractivity contribution in [3.63, 3.8) is 0 Å². The number of anilines is 1. The first-order valence-corrected chi connectivity index (χ1v) is 15.7. The monoisotopic (exact) mass is 592 g/mol. The number of likely N-dealkylation sites (tertiary alicyclic amines) is 1. The number of piperidine rings is 1. The molecule has 4 N–H and O–H groups in total. The van der Waals surface area contributed by atoms with Gasteiger partial charge in [-0.05, 0) is 80.2 Å². The quantitative estimate of drug-likeness (QED) is 0.354. The van der Waals surface area contributed by atoms with Gasteiger partial charge in [-0.2, -0.15) is 0 Å². The maximum absolute atomic E-state index is 12.9. The van der Waals surface area contributed by atoms with Gasteiger partial charge in [-0.3, -0.25) is 19.2 Å². The number of hydrogen-bond donors (Lipinski definition) is 3. The van der Waals surface area contributed by atoms with E-state index in [2.05, 4.69) is 14.9 Å². The Morgan fingerprint density at radius 3 is 2.08 bits per heavy atom. The average Bonchev–Trinajstić information content (AvgIpc) is 2.90. The molecule has 9 nitrogen and oxygen atoms in total. The molecule has 2 aliphatic rings. The predicted octanol–water partition coefficient (Wildman–Crippen LogP) is 4.42. The molecule has 1 saturated carbocycles. The molecule has 0 radical (unpaired) electrons. The fourth-order valence-corrected chi connectivity index (χ4v) is 6.07. The van der Waals surface area contributed by atoms with Crippen molar-refractivity contribution in [2.45, 2.75) is 64.0 Å². The van der Waals surface area contributed by atoms with Crippen LogP contribution in [0.4, 0.5) is 5.69 Å². The largest absolute Gasteiger partial charge is 0.457 e. The fourth-order valence-electron chi connectivity index (χ4n) is 5.51. The van der Waals surface area contributed by atoms with Crippen LogP contribution in [0.1, 0.15) is 56.9 Å². The number of nitrogens with two attached hydrogens (primary N) is 1. The Morgan fingerprint density at radius 2 is 1.52 bits per heavy atom. The predicted molar refractivity (Wildman–Crippen MR) is 159 cm³/mol. The summed E-state index contributed by atoms with van der Waals surface area (Å²) in [5, 5.41) is 2.96. The van der Waals surface area contributed by atoms with Crippen molar-refractivity contribution in [1.29, 1.82) is 0 Å². The Hall–Kier alpha value is -2.82. The van der Waals surface area contributed by atoms with Gasteiger partial charge in [0.25, 0.3) is 0 Å². The van der Waals surface area contributed by atoms with E-state index in [9.17, 15) is 18.0 Å². The lowest BCUT2D eigenvalue weighted by Gasteiger charge is -2.32. The Labute approximate surface area is 243 Å². The van der Waals surface area contributed by atoms with Crippen LogP contribution in [-0.4, -0.2) is 50.5 Å². The molecule has 11 heteroatoms. The Kier molecular flexibility index (Phi) is 11.7. The molecule has 1 saturated heterocycles. The number of nitrogens with one attached hydrogen (secondary N) is 2. The first-order valence-electron chi connectivity index (χ1n) is 13.8. The van der Waals surface area contributed by atoms with Gasteiger partial charge >= 0.3 is 0 Å². The second kappa shape index (κ2) is 14.7. The number of sulfonamides is 1. The van der Waals surface area contributed by atoms with Gasteiger partial charge in [-0.15, -0.1) is 12.4 Å². The molecule has 2 aromatic rings. The normalized spacial score (nSPS) is 17.8. The van der Waals surface area contributed by atoms with Gasteiger partial charge < -0.3 is 15.8 Å². The summed E-state index contributed by atoms with van der Waals surface area (Å²) in [6.45, 7) is 2.41. The number of ether oxygens (including phenoxy) is 1. The number of primary amides is 1. The summed E-state index contributed by atoms with van der Waals surface area (Å²) in [4.78, 5) is 27.2. The SMILES string of the molecule is CS(=O)(=O)Nc1ccc(Oc2ccc(CN3CCC(C(=O)N[C@@H](CC4CCCCC4)C(N)=O)CC3)cc2)cc1.Cl. The third-order valence-corrected chi connectivity index (χ3v) is 8.24. The van der Waals surface area contributed by atoms with Crippen molar-refractivity contribution in [1.82, 2.24) is 10.2 Å². The lowest BCUT2D eigenvalue weighted by atomic mass is 9.84.